The van der Waals surface area contributed by atoms with Gasteiger partial charge in [0.2, 0.25) is 0 Å². The Hall–Kier alpha value is -0.470. The molecule has 0 aliphatic carbocycles. The molecule has 3 rings (SSSR count). The van der Waals surface area contributed by atoms with Gasteiger partial charge in [-0.3, -0.25) is 0 Å². The number of benzene rings is 1. The number of hydrogen-bond acceptors (Lipinski definition) is 0. The average Bonchev–Trinajstić information content (AvgIpc) is 2.58. The quantitative estimate of drug-likeness (QED) is 0.695. The SMILES string of the molecule is ClCc1cc2c3c(c1)c(Br)cn3CCC2. The molecule has 2 aromatic rings. The van der Waals surface area contributed by atoms with Crippen molar-refractivity contribution < 1.29 is 0 Å². The van der Waals surface area contributed by atoms with Gasteiger partial charge in [0, 0.05) is 28.5 Å². The van der Waals surface area contributed by atoms with Crippen LogP contribution in [-0.4, -0.2) is 4.57 Å². The van der Waals surface area contributed by atoms with Crippen LogP contribution in [0.5, 0.6) is 0 Å². The maximum absolute atomic E-state index is 5.91. The summed E-state index contributed by atoms with van der Waals surface area (Å²) in [7, 11) is 0. The Morgan fingerprint density at radius 1 is 1.40 bits per heavy atom. The Labute approximate surface area is 102 Å². The van der Waals surface area contributed by atoms with E-state index >= 15 is 0 Å². The molecule has 2 heterocycles. The van der Waals surface area contributed by atoms with Crippen molar-refractivity contribution in [3.8, 4) is 0 Å². The Bertz CT molecular complexity index is 530. The van der Waals surface area contributed by atoms with Crippen LogP contribution < -0.4 is 0 Å². The summed E-state index contributed by atoms with van der Waals surface area (Å²) in [6, 6.07) is 4.44. The lowest BCUT2D eigenvalue weighted by Crippen LogP contribution is -2.06. The summed E-state index contributed by atoms with van der Waals surface area (Å²) in [6.07, 6.45) is 4.60. The maximum Gasteiger partial charge on any atom is 0.0524 e. The highest BCUT2D eigenvalue weighted by atomic mass is 79.9. The fraction of sp³-hybridized carbons (Fsp3) is 0.333. The predicted octanol–water partition coefficient (Wildman–Crippen LogP) is 4.09. The van der Waals surface area contributed by atoms with Gasteiger partial charge in [0.15, 0.2) is 0 Å². The Kier molecular flexibility index (Phi) is 2.29. The number of alkyl halides is 1. The van der Waals surface area contributed by atoms with Crippen LogP contribution in [0.15, 0.2) is 22.8 Å². The van der Waals surface area contributed by atoms with E-state index < -0.39 is 0 Å². The van der Waals surface area contributed by atoms with E-state index in [1.807, 2.05) is 0 Å². The zero-order valence-electron chi connectivity index (χ0n) is 8.26. The van der Waals surface area contributed by atoms with E-state index in [1.165, 1.54) is 39.3 Å². The van der Waals surface area contributed by atoms with Crippen molar-refractivity contribution in [3.63, 3.8) is 0 Å². The Morgan fingerprint density at radius 3 is 3.07 bits per heavy atom. The van der Waals surface area contributed by atoms with Gasteiger partial charge in [0.05, 0.1) is 5.52 Å². The zero-order valence-corrected chi connectivity index (χ0v) is 10.6. The fourth-order valence-corrected chi connectivity index (χ4v) is 3.14. The van der Waals surface area contributed by atoms with Gasteiger partial charge in [0.1, 0.15) is 0 Å². The van der Waals surface area contributed by atoms with Gasteiger partial charge in [-0.2, -0.15) is 0 Å². The number of rotatable bonds is 1. The van der Waals surface area contributed by atoms with Gasteiger partial charge in [-0.1, -0.05) is 6.07 Å². The standard InChI is InChI=1S/C12H11BrClN/c13-11-7-15-3-1-2-9-4-8(6-14)5-10(11)12(9)15/h4-5,7H,1-3,6H2. The predicted molar refractivity (Wildman–Crippen MR) is 67.5 cm³/mol. The van der Waals surface area contributed by atoms with Crippen LogP contribution >= 0.6 is 27.5 Å². The number of aromatic nitrogens is 1. The first kappa shape index (κ1) is 9.73. The highest BCUT2D eigenvalue weighted by Gasteiger charge is 2.15. The smallest absolute Gasteiger partial charge is 0.0524 e. The fourth-order valence-electron chi connectivity index (χ4n) is 2.44. The first-order valence-corrected chi connectivity index (χ1v) is 6.48. The lowest BCUT2D eigenvalue weighted by Gasteiger charge is -2.16. The first-order chi connectivity index (χ1) is 7.29. The molecule has 78 valence electrons. The number of nitrogens with zero attached hydrogens (tertiary/aromatic N) is 1. The monoisotopic (exact) mass is 283 g/mol. The normalized spacial score (nSPS) is 14.8. The highest BCUT2D eigenvalue weighted by Crippen LogP contribution is 2.33. The summed E-state index contributed by atoms with van der Waals surface area (Å²) in [6.45, 7) is 1.13. The molecule has 3 heteroatoms. The third-order valence-corrected chi connectivity index (χ3v) is 4.00. The number of halogens is 2. The van der Waals surface area contributed by atoms with Crippen molar-refractivity contribution in [2.24, 2.45) is 0 Å². The highest BCUT2D eigenvalue weighted by molar-refractivity contribution is 9.10. The van der Waals surface area contributed by atoms with Crippen LogP contribution in [0, 0.1) is 0 Å². The van der Waals surface area contributed by atoms with Crippen LogP contribution in [0.25, 0.3) is 10.9 Å². The van der Waals surface area contributed by atoms with E-state index in [4.69, 9.17) is 11.6 Å². The molecule has 1 aliphatic rings. The second kappa shape index (κ2) is 3.53. The molecule has 0 radical (unpaired) electrons. The maximum atomic E-state index is 5.91. The molecular formula is C12H11BrClN. The van der Waals surface area contributed by atoms with E-state index in [-0.39, 0.29) is 0 Å². The summed E-state index contributed by atoms with van der Waals surface area (Å²) in [5, 5.41) is 1.31. The molecule has 0 unspecified atom stereocenters. The molecule has 0 amide bonds. The van der Waals surface area contributed by atoms with Crippen LogP contribution in [0.4, 0.5) is 0 Å². The largest absolute Gasteiger partial charge is 0.346 e. The second-order valence-corrected chi connectivity index (χ2v) is 5.18. The molecule has 15 heavy (non-hydrogen) atoms. The summed E-state index contributed by atoms with van der Waals surface area (Å²) in [5.41, 5.74) is 4.06. The molecule has 0 spiro atoms. The summed E-state index contributed by atoms with van der Waals surface area (Å²) in [4.78, 5) is 0. The summed E-state index contributed by atoms with van der Waals surface area (Å²) in [5.74, 6) is 0.598. The molecule has 0 N–H and O–H groups in total. The minimum Gasteiger partial charge on any atom is -0.346 e. The van der Waals surface area contributed by atoms with Gasteiger partial charge in [-0.05, 0) is 46.0 Å². The minimum atomic E-state index is 0.598. The summed E-state index contributed by atoms with van der Waals surface area (Å²) < 4.78 is 3.53. The van der Waals surface area contributed by atoms with E-state index in [1.54, 1.807) is 0 Å². The topological polar surface area (TPSA) is 4.93 Å². The van der Waals surface area contributed by atoms with Crippen molar-refractivity contribution in [2.75, 3.05) is 0 Å². The molecule has 1 nitrogen and oxygen atoms in total. The first-order valence-electron chi connectivity index (χ1n) is 5.15. The Balaban J connectivity index is 2.40. The molecule has 0 bridgehead atoms. The molecule has 1 aromatic heterocycles. The van der Waals surface area contributed by atoms with Crippen molar-refractivity contribution >= 4 is 38.4 Å². The van der Waals surface area contributed by atoms with Gasteiger partial charge in [0.25, 0.3) is 0 Å². The third-order valence-electron chi connectivity index (χ3n) is 3.06. The molecule has 0 fully saturated rings. The number of hydrogen-bond donors (Lipinski definition) is 0. The summed E-state index contributed by atoms with van der Waals surface area (Å²) >= 11 is 9.53. The van der Waals surface area contributed by atoms with Gasteiger partial charge >= 0.3 is 0 Å². The van der Waals surface area contributed by atoms with Crippen molar-refractivity contribution in [2.45, 2.75) is 25.3 Å². The molecule has 0 atom stereocenters. The second-order valence-electron chi connectivity index (χ2n) is 4.06. The van der Waals surface area contributed by atoms with Gasteiger partial charge < -0.3 is 4.57 Å². The zero-order chi connectivity index (χ0) is 10.4. The van der Waals surface area contributed by atoms with Crippen molar-refractivity contribution in [3.05, 3.63) is 33.9 Å². The van der Waals surface area contributed by atoms with Crippen molar-refractivity contribution in [1.82, 2.24) is 4.57 Å². The van der Waals surface area contributed by atoms with E-state index in [2.05, 4.69) is 38.8 Å². The number of aryl methyl sites for hydroxylation is 2. The third kappa shape index (κ3) is 1.42. The minimum absolute atomic E-state index is 0.598. The lowest BCUT2D eigenvalue weighted by molar-refractivity contribution is 0.635. The molecule has 0 saturated carbocycles. The Morgan fingerprint density at radius 2 is 2.27 bits per heavy atom. The molecular weight excluding hydrogens is 273 g/mol. The van der Waals surface area contributed by atoms with Crippen LogP contribution in [0.1, 0.15) is 17.5 Å². The molecule has 0 saturated heterocycles. The lowest BCUT2D eigenvalue weighted by atomic mass is 10.0. The van der Waals surface area contributed by atoms with Gasteiger partial charge in [-0.25, -0.2) is 0 Å². The average molecular weight is 285 g/mol. The van der Waals surface area contributed by atoms with Crippen LogP contribution in [0.3, 0.4) is 0 Å². The molecule has 1 aliphatic heterocycles. The van der Waals surface area contributed by atoms with E-state index in [0.717, 1.165) is 6.54 Å². The van der Waals surface area contributed by atoms with Crippen LogP contribution in [0.2, 0.25) is 0 Å². The van der Waals surface area contributed by atoms with E-state index in [9.17, 15) is 0 Å². The van der Waals surface area contributed by atoms with Gasteiger partial charge in [-0.15, -0.1) is 11.6 Å². The van der Waals surface area contributed by atoms with Crippen molar-refractivity contribution in [1.29, 1.82) is 0 Å². The van der Waals surface area contributed by atoms with E-state index in [0.29, 0.717) is 5.88 Å². The van der Waals surface area contributed by atoms with Crippen LogP contribution in [-0.2, 0) is 18.8 Å². The molecule has 1 aromatic carbocycles.